The first-order chi connectivity index (χ1) is 12.2. The quantitative estimate of drug-likeness (QED) is 0.708. The van der Waals surface area contributed by atoms with Gasteiger partial charge in [0, 0.05) is 19.0 Å². The molecule has 3 rings (SSSR count). The SMILES string of the molecule is C[C@H](CCN(Cc1ccccc1)Cc1ccccc1)C1(C)OCCO1. The van der Waals surface area contributed by atoms with Gasteiger partial charge in [-0.3, -0.25) is 4.90 Å². The lowest BCUT2D eigenvalue weighted by Gasteiger charge is -2.31. The minimum atomic E-state index is -0.425. The van der Waals surface area contributed by atoms with Crippen LogP contribution in [0.15, 0.2) is 60.7 Å². The van der Waals surface area contributed by atoms with E-state index in [1.165, 1.54) is 11.1 Å². The van der Waals surface area contributed by atoms with E-state index >= 15 is 0 Å². The van der Waals surface area contributed by atoms with Gasteiger partial charge in [-0.15, -0.1) is 0 Å². The van der Waals surface area contributed by atoms with Crippen molar-refractivity contribution in [2.75, 3.05) is 19.8 Å². The third-order valence-electron chi connectivity index (χ3n) is 5.13. The third-order valence-corrected chi connectivity index (χ3v) is 5.13. The lowest BCUT2D eigenvalue weighted by Crippen LogP contribution is -2.36. The molecule has 1 heterocycles. The molecule has 1 aliphatic heterocycles. The summed E-state index contributed by atoms with van der Waals surface area (Å²) in [6, 6.07) is 21.4. The second-order valence-electron chi connectivity index (χ2n) is 7.08. The van der Waals surface area contributed by atoms with Crippen LogP contribution in [0, 0.1) is 5.92 Å². The fourth-order valence-electron chi connectivity index (χ4n) is 3.35. The van der Waals surface area contributed by atoms with Gasteiger partial charge in [0.15, 0.2) is 5.79 Å². The van der Waals surface area contributed by atoms with Gasteiger partial charge in [0.05, 0.1) is 13.2 Å². The van der Waals surface area contributed by atoms with E-state index in [-0.39, 0.29) is 0 Å². The van der Waals surface area contributed by atoms with Gasteiger partial charge >= 0.3 is 0 Å². The molecule has 1 atom stereocenters. The summed E-state index contributed by atoms with van der Waals surface area (Å²) in [5, 5.41) is 0. The molecule has 0 spiro atoms. The predicted molar refractivity (Wildman–Crippen MR) is 101 cm³/mol. The highest BCUT2D eigenvalue weighted by atomic mass is 16.7. The van der Waals surface area contributed by atoms with Crippen molar-refractivity contribution >= 4 is 0 Å². The molecular weight excluding hydrogens is 310 g/mol. The molecule has 2 aromatic rings. The van der Waals surface area contributed by atoms with E-state index in [4.69, 9.17) is 9.47 Å². The van der Waals surface area contributed by atoms with E-state index < -0.39 is 5.79 Å². The minimum absolute atomic E-state index is 0.365. The highest BCUT2D eigenvalue weighted by Crippen LogP contribution is 2.30. The molecule has 3 nitrogen and oxygen atoms in total. The Bertz CT molecular complexity index is 581. The van der Waals surface area contributed by atoms with Crippen LogP contribution in [0.25, 0.3) is 0 Å². The summed E-state index contributed by atoms with van der Waals surface area (Å²) in [7, 11) is 0. The lowest BCUT2D eigenvalue weighted by molar-refractivity contribution is -0.179. The Hall–Kier alpha value is -1.68. The molecule has 0 saturated carbocycles. The largest absolute Gasteiger partial charge is 0.348 e. The summed E-state index contributed by atoms with van der Waals surface area (Å²) in [4.78, 5) is 2.51. The zero-order chi connectivity index (χ0) is 17.5. The molecule has 0 radical (unpaired) electrons. The Kier molecular flexibility index (Phi) is 6.24. The lowest BCUT2D eigenvalue weighted by atomic mass is 9.98. The number of nitrogens with zero attached hydrogens (tertiary/aromatic N) is 1. The van der Waals surface area contributed by atoms with Crippen LogP contribution in [-0.2, 0) is 22.6 Å². The summed E-state index contributed by atoms with van der Waals surface area (Å²) in [6.07, 6.45) is 1.05. The molecule has 0 aromatic heterocycles. The normalized spacial score (nSPS) is 17.7. The second kappa shape index (κ2) is 8.61. The Morgan fingerprint density at radius 1 is 0.880 bits per heavy atom. The molecule has 0 N–H and O–H groups in total. The highest BCUT2D eigenvalue weighted by Gasteiger charge is 2.36. The Balaban J connectivity index is 1.63. The van der Waals surface area contributed by atoms with Crippen LogP contribution in [0.4, 0.5) is 0 Å². The van der Waals surface area contributed by atoms with Crippen molar-refractivity contribution < 1.29 is 9.47 Å². The molecule has 25 heavy (non-hydrogen) atoms. The highest BCUT2D eigenvalue weighted by molar-refractivity contribution is 5.17. The first-order valence-electron chi connectivity index (χ1n) is 9.24. The van der Waals surface area contributed by atoms with Gasteiger partial charge in [-0.25, -0.2) is 0 Å². The minimum Gasteiger partial charge on any atom is -0.348 e. The van der Waals surface area contributed by atoms with Crippen LogP contribution in [0.2, 0.25) is 0 Å². The summed E-state index contributed by atoms with van der Waals surface area (Å²) < 4.78 is 11.7. The summed E-state index contributed by atoms with van der Waals surface area (Å²) in [5.41, 5.74) is 2.70. The van der Waals surface area contributed by atoms with Crippen LogP contribution in [0.1, 0.15) is 31.4 Å². The second-order valence-corrected chi connectivity index (χ2v) is 7.08. The number of ether oxygens (including phenoxy) is 2. The van der Waals surface area contributed by atoms with Gasteiger partial charge in [0.1, 0.15) is 0 Å². The maximum absolute atomic E-state index is 5.83. The van der Waals surface area contributed by atoms with Crippen molar-refractivity contribution in [2.24, 2.45) is 5.92 Å². The summed E-state index contributed by atoms with van der Waals surface area (Å²) >= 11 is 0. The Labute approximate surface area is 151 Å². The zero-order valence-corrected chi connectivity index (χ0v) is 15.4. The van der Waals surface area contributed by atoms with Crippen molar-refractivity contribution in [1.29, 1.82) is 0 Å². The predicted octanol–water partition coefficient (Wildman–Crippen LogP) is 4.48. The van der Waals surface area contributed by atoms with E-state index in [1.807, 2.05) is 0 Å². The first-order valence-corrected chi connectivity index (χ1v) is 9.24. The average molecular weight is 339 g/mol. The van der Waals surface area contributed by atoms with E-state index in [2.05, 4.69) is 79.4 Å². The number of rotatable bonds is 8. The summed E-state index contributed by atoms with van der Waals surface area (Å²) in [6.45, 7) is 8.66. The van der Waals surface area contributed by atoms with Gasteiger partial charge in [0.25, 0.3) is 0 Å². The van der Waals surface area contributed by atoms with Crippen LogP contribution >= 0.6 is 0 Å². The van der Waals surface area contributed by atoms with Crippen molar-refractivity contribution in [1.82, 2.24) is 4.90 Å². The average Bonchev–Trinajstić information content (AvgIpc) is 3.09. The molecule has 0 amide bonds. The van der Waals surface area contributed by atoms with Crippen molar-refractivity contribution in [3.05, 3.63) is 71.8 Å². The molecule has 2 aromatic carbocycles. The van der Waals surface area contributed by atoms with Gasteiger partial charge < -0.3 is 9.47 Å². The van der Waals surface area contributed by atoms with E-state index in [1.54, 1.807) is 0 Å². The Morgan fingerprint density at radius 3 is 1.84 bits per heavy atom. The van der Waals surface area contributed by atoms with E-state index in [9.17, 15) is 0 Å². The molecule has 1 aliphatic rings. The smallest absolute Gasteiger partial charge is 0.168 e. The van der Waals surface area contributed by atoms with Crippen LogP contribution in [0.3, 0.4) is 0 Å². The van der Waals surface area contributed by atoms with E-state index in [0.717, 1.165) is 26.1 Å². The molecule has 134 valence electrons. The maximum Gasteiger partial charge on any atom is 0.168 e. The first kappa shape index (κ1) is 18.1. The van der Waals surface area contributed by atoms with Crippen LogP contribution < -0.4 is 0 Å². The fraction of sp³-hybridized carbons (Fsp3) is 0.455. The Morgan fingerprint density at radius 2 is 1.36 bits per heavy atom. The maximum atomic E-state index is 5.83. The monoisotopic (exact) mass is 339 g/mol. The van der Waals surface area contributed by atoms with Gasteiger partial charge in [0.2, 0.25) is 0 Å². The molecular formula is C22H29NO2. The van der Waals surface area contributed by atoms with Gasteiger partial charge in [-0.05, 0) is 31.0 Å². The van der Waals surface area contributed by atoms with E-state index in [0.29, 0.717) is 19.1 Å². The number of hydrogen-bond donors (Lipinski definition) is 0. The van der Waals surface area contributed by atoms with Gasteiger partial charge in [-0.1, -0.05) is 67.6 Å². The van der Waals surface area contributed by atoms with Crippen LogP contribution in [0.5, 0.6) is 0 Å². The topological polar surface area (TPSA) is 21.7 Å². The standard InChI is InChI=1S/C22H29NO2/c1-19(22(2)24-15-16-25-22)13-14-23(17-20-9-5-3-6-10-20)18-21-11-7-4-8-12-21/h3-12,19H,13-18H2,1-2H3/t19-/m1/s1. The van der Waals surface area contributed by atoms with Crippen molar-refractivity contribution in [3.63, 3.8) is 0 Å². The molecule has 1 fully saturated rings. The fourth-order valence-corrected chi connectivity index (χ4v) is 3.35. The molecule has 0 aliphatic carbocycles. The molecule has 0 unspecified atom stereocenters. The zero-order valence-electron chi connectivity index (χ0n) is 15.4. The van der Waals surface area contributed by atoms with Crippen molar-refractivity contribution in [3.8, 4) is 0 Å². The summed E-state index contributed by atoms with van der Waals surface area (Å²) in [5.74, 6) is -0.0606. The molecule has 0 bridgehead atoms. The van der Waals surface area contributed by atoms with Gasteiger partial charge in [-0.2, -0.15) is 0 Å². The molecule has 3 heteroatoms. The number of hydrogen-bond acceptors (Lipinski definition) is 3. The number of benzene rings is 2. The molecule has 1 saturated heterocycles. The van der Waals surface area contributed by atoms with Crippen LogP contribution in [-0.4, -0.2) is 30.4 Å². The van der Waals surface area contributed by atoms with Crippen molar-refractivity contribution in [2.45, 2.75) is 39.1 Å². The third kappa shape index (κ3) is 5.15.